The van der Waals surface area contributed by atoms with Gasteiger partial charge >= 0.3 is 0 Å². The number of hydrogen-bond donors (Lipinski definition) is 1. The molecule has 1 aliphatic heterocycles. The van der Waals surface area contributed by atoms with Gasteiger partial charge in [0, 0.05) is 27.7 Å². The van der Waals surface area contributed by atoms with Crippen LogP contribution in [0.1, 0.15) is 11.3 Å². The Morgan fingerprint density at radius 1 is 1.00 bits per heavy atom. The van der Waals surface area contributed by atoms with Crippen LogP contribution in [0.15, 0.2) is 58.3 Å². The molecular formula is C22H16Cl2N2O4S2. The quantitative estimate of drug-likeness (QED) is 0.473. The van der Waals surface area contributed by atoms with Gasteiger partial charge in [-0.1, -0.05) is 35.3 Å². The second-order valence-electron chi connectivity index (χ2n) is 7.18. The van der Waals surface area contributed by atoms with Gasteiger partial charge in [-0.05, 0) is 72.3 Å². The number of thioether (sulfide) groups is 1. The summed E-state index contributed by atoms with van der Waals surface area (Å²) in [6.07, 6.45) is 2.80. The number of amides is 2. The van der Waals surface area contributed by atoms with Crippen molar-refractivity contribution in [3.8, 4) is 16.9 Å². The highest BCUT2D eigenvalue weighted by atomic mass is 35.5. The molecule has 32 heavy (non-hydrogen) atoms. The second-order valence-corrected chi connectivity index (χ2v) is 11.1. The minimum absolute atomic E-state index is 0.210. The molecule has 0 bridgehead atoms. The van der Waals surface area contributed by atoms with E-state index >= 15 is 0 Å². The second kappa shape index (κ2) is 8.44. The molecule has 2 aromatic carbocycles. The van der Waals surface area contributed by atoms with Crippen molar-refractivity contribution in [1.29, 1.82) is 0 Å². The lowest BCUT2D eigenvalue weighted by molar-refractivity contribution is -0.115. The average molecular weight is 507 g/mol. The zero-order valence-corrected chi connectivity index (χ0v) is 20.0. The molecule has 4 rings (SSSR count). The average Bonchev–Trinajstić information content (AvgIpc) is 3.19. The molecule has 1 aliphatic rings. The van der Waals surface area contributed by atoms with E-state index in [2.05, 4.69) is 5.32 Å². The molecule has 164 valence electrons. The molecule has 0 aliphatic carbocycles. The third-order valence-electron chi connectivity index (χ3n) is 4.90. The molecule has 3 aromatic rings. The number of benzene rings is 2. The first-order chi connectivity index (χ1) is 15.0. The number of imide groups is 1. The van der Waals surface area contributed by atoms with Crippen molar-refractivity contribution in [2.75, 3.05) is 6.26 Å². The maximum atomic E-state index is 12.0. The molecule has 0 unspecified atom stereocenters. The fourth-order valence-corrected chi connectivity index (χ4v) is 5.24. The fourth-order valence-electron chi connectivity index (χ4n) is 3.42. The zero-order valence-electron chi connectivity index (χ0n) is 16.8. The van der Waals surface area contributed by atoms with Gasteiger partial charge in [0.15, 0.2) is 9.84 Å². The number of nitrogens with zero attached hydrogens (tertiary/aromatic N) is 1. The normalized spacial score (nSPS) is 15.4. The largest absolute Gasteiger partial charge is 0.313 e. The Bertz CT molecular complexity index is 1390. The number of rotatable bonds is 4. The van der Waals surface area contributed by atoms with Gasteiger partial charge in [-0.3, -0.25) is 14.9 Å². The first-order valence-electron chi connectivity index (χ1n) is 9.27. The van der Waals surface area contributed by atoms with Gasteiger partial charge < -0.3 is 4.57 Å². The topological polar surface area (TPSA) is 85.2 Å². The maximum absolute atomic E-state index is 12.0. The number of hydrogen-bond acceptors (Lipinski definition) is 5. The summed E-state index contributed by atoms with van der Waals surface area (Å²) in [5.41, 5.74) is 3.69. The summed E-state index contributed by atoms with van der Waals surface area (Å²) >= 11 is 13.3. The summed E-state index contributed by atoms with van der Waals surface area (Å²) < 4.78 is 25.6. The van der Waals surface area contributed by atoms with Crippen molar-refractivity contribution in [3.63, 3.8) is 0 Å². The lowest BCUT2D eigenvalue weighted by Crippen LogP contribution is -2.17. The predicted octanol–water partition coefficient (Wildman–Crippen LogP) is 5.49. The highest BCUT2D eigenvalue weighted by Crippen LogP contribution is 2.35. The van der Waals surface area contributed by atoms with Crippen molar-refractivity contribution < 1.29 is 18.0 Å². The number of nitrogens with one attached hydrogen (secondary N) is 1. The van der Waals surface area contributed by atoms with Crippen molar-refractivity contribution in [2.45, 2.75) is 11.8 Å². The van der Waals surface area contributed by atoms with E-state index in [9.17, 15) is 18.0 Å². The van der Waals surface area contributed by atoms with Crippen molar-refractivity contribution in [1.82, 2.24) is 9.88 Å². The van der Waals surface area contributed by atoms with Gasteiger partial charge in [-0.15, -0.1) is 0 Å². The highest BCUT2D eigenvalue weighted by molar-refractivity contribution is 8.18. The smallest absolute Gasteiger partial charge is 0.290 e. The van der Waals surface area contributed by atoms with Crippen LogP contribution in [0.2, 0.25) is 10.0 Å². The Hall–Kier alpha value is -2.52. The minimum atomic E-state index is -3.34. The molecule has 1 fully saturated rings. The van der Waals surface area contributed by atoms with E-state index in [1.165, 1.54) is 0 Å². The van der Waals surface area contributed by atoms with Crippen LogP contribution in [0, 0.1) is 6.92 Å². The summed E-state index contributed by atoms with van der Waals surface area (Å²) in [5, 5.41) is 2.73. The molecule has 0 saturated carbocycles. The van der Waals surface area contributed by atoms with Crippen LogP contribution in [-0.2, 0) is 14.6 Å². The van der Waals surface area contributed by atoms with E-state index in [1.807, 2.05) is 17.6 Å². The summed E-state index contributed by atoms with van der Waals surface area (Å²) in [5.74, 6) is -0.447. The van der Waals surface area contributed by atoms with Gasteiger partial charge in [-0.2, -0.15) is 0 Å². The molecule has 6 nitrogen and oxygen atoms in total. The third kappa shape index (κ3) is 4.49. The van der Waals surface area contributed by atoms with Crippen LogP contribution in [0.4, 0.5) is 4.79 Å². The molecule has 0 atom stereocenters. The Balaban J connectivity index is 1.92. The zero-order chi connectivity index (χ0) is 23.2. The molecule has 1 N–H and O–H groups in total. The van der Waals surface area contributed by atoms with E-state index in [0.29, 0.717) is 20.6 Å². The first kappa shape index (κ1) is 22.7. The number of halogens is 2. The molecular weight excluding hydrogens is 491 g/mol. The molecule has 2 heterocycles. The summed E-state index contributed by atoms with van der Waals surface area (Å²) in [7, 11) is -3.34. The number of carbonyl (C=O) groups is 2. The summed E-state index contributed by atoms with van der Waals surface area (Å²) in [4.78, 5) is 24.1. The van der Waals surface area contributed by atoms with Crippen LogP contribution in [0.25, 0.3) is 23.0 Å². The van der Waals surface area contributed by atoms with E-state index in [4.69, 9.17) is 23.2 Å². The van der Waals surface area contributed by atoms with E-state index in [1.54, 1.807) is 48.5 Å². The maximum Gasteiger partial charge on any atom is 0.290 e. The van der Waals surface area contributed by atoms with Gasteiger partial charge in [0.1, 0.15) is 0 Å². The fraction of sp³-hybridized carbons (Fsp3) is 0.0909. The van der Waals surface area contributed by atoms with Crippen LogP contribution in [0.3, 0.4) is 0 Å². The summed E-state index contributed by atoms with van der Waals surface area (Å²) in [6.45, 7) is 1.87. The Morgan fingerprint density at radius 3 is 2.16 bits per heavy atom. The van der Waals surface area contributed by atoms with Crippen LogP contribution in [0.5, 0.6) is 0 Å². The molecule has 2 amide bonds. The van der Waals surface area contributed by atoms with Crippen molar-refractivity contribution >= 4 is 62.0 Å². The van der Waals surface area contributed by atoms with Gasteiger partial charge in [-0.25, -0.2) is 8.42 Å². The molecule has 0 radical (unpaired) electrons. The van der Waals surface area contributed by atoms with Crippen LogP contribution in [-0.4, -0.2) is 30.4 Å². The Morgan fingerprint density at radius 2 is 1.62 bits per heavy atom. The van der Waals surface area contributed by atoms with Crippen LogP contribution >= 0.6 is 35.0 Å². The SMILES string of the molecule is Cc1c(C=C2SC(=O)NC2=O)cc(-c2ccc(S(C)(=O)=O)cc2)n1-c1cc(Cl)cc(Cl)c1. The molecule has 1 aromatic heterocycles. The highest BCUT2D eigenvalue weighted by Gasteiger charge is 2.26. The van der Waals surface area contributed by atoms with E-state index in [-0.39, 0.29) is 4.90 Å². The number of aromatic nitrogens is 1. The van der Waals surface area contributed by atoms with E-state index in [0.717, 1.165) is 40.5 Å². The van der Waals surface area contributed by atoms with Gasteiger partial charge in [0.05, 0.1) is 15.5 Å². The molecule has 0 spiro atoms. The first-order valence-corrected chi connectivity index (χ1v) is 12.7. The molecule has 10 heteroatoms. The van der Waals surface area contributed by atoms with Crippen molar-refractivity contribution in [3.05, 3.63) is 74.7 Å². The van der Waals surface area contributed by atoms with E-state index < -0.39 is 21.0 Å². The lowest BCUT2D eigenvalue weighted by Gasteiger charge is -2.13. The van der Waals surface area contributed by atoms with Gasteiger partial charge in [0.2, 0.25) is 0 Å². The molecule has 1 saturated heterocycles. The number of sulfone groups is 1. The van der Waals surface area contributed by atoms with Gasteiger partial charge in [0.25, 0.3) is 11.1 Å². The monoisotopic (exact) mass is 506 g/mol. The Kier molecular flexibility index (Phi) is 5.98. The standard InChI is InChI=1S/C22H16Cl2N2O4S2/c1-12-14(8-20-21(27)25-22(28)31-20)7-19(13-3-5-18(6-4-13)32(2,29)30)26(12)17-10-15(23)9-16(24)11-17/h3-11H,1-2H3,(H,25,27,28). The van der Waals surface area contributed by atoms with Crippen LogP contribution < -0.4 is 5.32 Å². The van der Waals surface area contributed by atoms with Crippen molar-refractivity contribution in [2.24, 2.45) is 0 Å². The third-order valence-corrected chi connectivity index (χ3v) is 7.27. The lowest BCUT2D eigenvalue weighted by atomic mass is 10.1. The Labute approximate surface area is 199 Å². The number of carbonyl (C=O) groups excluding carboxylic acids is 2. The predicted molar refractivity (Wildman–Crippen MR) is 128 cm³/mol. The minimum Gasteiger partial charge on any atom is -0.313 e. The summed E-state index contributed by atoms with van der Waals surface area (Å²) in [6, 6.07) is 13.5.